The summed E-state index contributed by atoms with van der Waals surface area (Å²) >= 11 is 1.67. The molecule has 0 bridgehead atoms. The number of likely N-dealkylation sites (tertiary alicyclic amines) is 1. The third-order valence-corrected chi connectivity index (χ3v) is 5.30. The number of thiophene rings is 1. The predicted octanol–water partition coefficient (Wildman–Crippen LogP) is 3.63. The molecule has 6 heteroatoms. The van der Waals surface area contributed by atoms with E-state index >= 15 is 0 Å². The summed E-state index contributed by atoms with van der Waals surface area (Å²) in [6, 6.07) is 9.13. The number of carbonyl (C=O) groups excluding carboxylic acids is 2. The van der Waals surface area contributed by atoms with Gasteiger partial charge in [0.15, 0.2) is 0 Å². The summed E-state index contributed by atoms with van der Waals surface area (Å²) < 4.78 is 5.15. The van der Waals surface area contributed by atoms with E-state index in [2.05, 4.69) is 27.0 Å². The number of nitrogens with zero attached hydrogens (tertiary/aromatic N) is 1. The Morgan fingerprint density at radius 3 is 2.65 bits per heavy atom. The third-order valence-electron chi connectivity index (χ3n) is 4.60. The first kappa shape index (κ1) is 18.6. The molecule has 1 amide bonds. The van der Waals surface area contributed by atoms with E-state index in [1.54, 1.807) is 35.6 Å². The largest absolute Gasteiger partial charge is 0.426 e. The molecule has 0 spiro atoms. The van der Waals surface area contributed by atoms with Gasteiger partial charge in [-0.15, -0.1) is 0 Å². The van der Waals surface area contributed by atoms with Gasteiger partial charge in [-0.1, -0.05) is 18.6 Å². The normalized spacial score (nSPS) is 16.0. The molecule has 0 aliphatic carbocycles. The number of para-hydroxylation sites is 1. The van der Waals surface area contributed by atoms with E-state index in [1.807, 2.05) is 0 Å². The van der Waals surface area contributed by atoms with E-state index < -0.39 is 5.97 Å². The van der Waals surface area contributed by atoms with Gasteiger partial charge in [0.2, 0.25) is 0 Å². The second kappa shape index (κ2) is 8.96. The van der Waals surface area contributed by atoms with Gasteiger partial charge in [-0.3, -0.25) is 14.5 Å². The van der Waals surface area contributed by atoms with Gasteiger partial charge < -0.3 is 10.1 Å². The molecule has 5 nitrogen and oxygen atoms in total. The lowest BCUT2D eigenvalue weighted by molar-refractivity contribution is -0.131. The molecular weight excluding hydrogens is 348 g/mol. The highest BCUT2D eigenvalue weighted by Gasteiger charge is 2.24. The first-order valence-corrected chi connectivity index (χ1v) is 9.91. The summed E-state index contributed by atoms with van der Waals surface area (Å²) in [7, 11) is 0. The fourth-order valence-corrected chi connectivity index (χ4v) is 4.04. The molecule has 2 aromatic rings. The second-order valence-corrected chi connectivity index (χ2v) is 7.25. The van der Waals surface area contributed by atoms with Crippen molar-refractivity contribution in [2.75, 3.05) is 19.6 Å². The zero-order valence-electron chi connectivity index (χ0n) is 14.9. The van der Waals surface area contributed by atoms with E-state index in [0.29, 0.717) is 17.9 Å². The predicted molar refractivity (Wildman–Crippen MR) is 103 cm³/mol. The Bertz CT molecular complexity index is 739. The van der Waals surface area contributed by atoms with Gasteiger partial charge in [0.1, 0.15) is 5.75 Å². The van der Waals surface area contributed by atoms with Crippen molar-refractivity contribution in [3.05, 3.63) is 52.2 Å². The van der Waals surface area contributed by atoms with Crippen LogP contribution in [0.2, 0.25) is 0 Å². The van der Waals surface area contributed by atoms with Gasteiger partial charge in [0.05, 0.1) is 11.6 Å². The van der Waals surface area contributed by atoms with Crippen LogP contribution in [0.15, 0.2) is 41.1 Å². The summed E-state index contributed by atoms with van der Waals surface area (Å²) in [5.41, 5.74) is 1.62. The highest BCUT2D eigenvalue weighted by atomic mass is 32.1. The maximum atomic E-state index is 12.7. The van der Waals surface area contributed by atoms with Crippen molar-refractivity contribution in [2.24, 2.45) is 0 Å². The Hall–Kier alpha value is -2.18. The van der Waals surface area contributed by atoms with Crippen LogP contribution in [0.25, 0.3) is 0 Å². The molecule has 1 aliphatic heterocycles. The molecule has 2 heterocycles. The maximum Gasteiger partial charge on any atom is 0.308 e. The van der Waals surface area contributed by atoms with Crippen LogP contribution in [0.5, 0.6) is 5.75 Å². The molecule has 1 N–H and O–H groups in total. The summed E-state index contributed by atoms with van der Waals surface area (Å²) in [6.07, 6.45) is 3.67. The second-order valence-electron chi connectivity index (χ2n) is 6.47. The average Bonchev–Trinajstić information content (AvgIpc) is 3.17. The fraction of sp³-hybridized carbons (Fsp3) is 0.400. The van der Waals surface area contributed by atoms with Gasteiger partial charge in [0, 0.05) is 13.5 Å². The lowest BCUT2D eigenvalue weighted by Gasteiger charge is -2.34. The SMILES string of the molecule is CC(=O)Oc1ccccc1C(=O)NCC(c1ccsc1)N1CCCCC1. The number of piperidine rings is 1. The van der Waals surface area contributed by atoms with Gasteiger partial charge in [-0.2, -0.15) is 11.3 Å². The number of nitrogens with one attached hydrogen (secondary N) is 1. The molecule has 1 aliphatic rings. The van der Waals surface area contributed by atoms with Crippen LogP contribution < -0.4 is 10.1 Å². The van der Waals surface area contributed by atoms with Crippen molar-refractivity contribution >= 4 is 23.2 Å². The summed E-state index contributed by atoms with van der Waals surface area (Å²) in [5, 5.41) is 7.26. The van der Waals surface area contributed by atoms with Crippen LogP contribution in [0.1, 0.15) is 48.1 Å². The molecule has 1 aromatic carbocycles. The molecular formula is C20H24N2O3S. The average molecular weight is 372 g/mol. The molecule has 1 unspecified atom stereocenters. The minimum absolute atomic E-state index is 0.173. The van der Waals surface area contributed by atoms with E-state index in [4.69, 9.17) is 4.74 Å². The minimum atomic E-state index is -0.435. The van der Waals surface area contributed by atoms with E-state index in [1.165, 1.54) is 31.7 Å². The van der Waals surface area contributed by atoms with Crippen LogP contribution in [0, 0.1) is 0 Å². The number of rotatable bonds is 6. The smallest absolute Gasteiger partial charge is 0.308 e. The monoisotopic (exact) mass is 372 g/mol. The zero-order valence-corrected chi connectivity index (χ0v) is 15.8. The van der Waals surface area contributed by atoms with Crippen molar-refractivity contribution in [1.29, 1.82) is 0 Å². The van der Waals surface area contributed by atoms with Crippen molar-refractivity contribution in [3.63, 3.8) is 0 Å². The standard InChI is InChI=1S/C20H24N2O3S/c1-15(23)25-19-8-4-3-7-17(19)20(24)21-13-18(16-9-12-26-14-16)22-10-5-2-6-11-22/h3-4,7-9,12,14,18H,2,5-6,10-11,13H2,1H3,(H,21,24). The molecule has 138 valence electrons. The summed E-state index contributed by atoms with van der Waals surface area (Å²) in [4.78, 5) is 26.4. The molecule has 3 rings (SSSR count). The number of carbonyl (C=O) groups is 2. The van der Waals surface area contributed by atoms with E-state index in [0.717, 1.165) is 13.1 Å². The number of hydrogen-bond acceptors (Lipinski definition) is 5. The van der Waals surface area contributed by atoms with Crippen molar-refractivity contribution in [1.82, 2.24) is 10.2 Å². The lowest BCUT2D eigenvalue weighted by atomic mass is 10.0. The molecule has 1 aromatic heterocycles. The van der Waals surface area contributed by atoms with Gasteiger partial charge in [-0.25, -0.2) is 0 Å². The van der Waals surface area contributed by atoms with Crippen LogP contribution in [0.4, 0.5) is 0 Å². The summed E-state index contributed by atoms with van der Waals surface area (Å²) in [6.45, 7) is 3.97. The molecule has 26 heavy (non-hydrogen) atoms. The van der Waals surface area contributed by atoms with Crippen LogP contribution >= 0.6 is 11.3 Å². The number of benzene rings is 1. The molecule has 0 radical (unpaired) electrons. The highest BCUT2D eigenvalue weighted by molar-refractivity contribution is 7.07. The third kappa shape index (κ3) is 4.71. The Balaban J connectivity index is 1.71. The molecule has 1 saturated heterocycles. The van der Waals surface area contributed by atoms with Crippen LogP contribution in [-0.2, 0) is 4.79 Å². The summed E-state index contributed by atoms with van der Waals surface area (Å²) in [5.74, 6) is -0.364. The first-order valence-electron chi connectivity index (χ1n) is 8.97. The Morgan fingerprint density at radius 2 is 1.96 bits per heavy atom. The molecule has 1 fully saturated rings. The van der Waals surface area contributed by atoms with Gasteiger partial charge >= 0.3 is 5.97 Å². The number of ether oxygens (including phenoxy) is 1. The van der Waals surface area contributed by atoms with Crippen molar-refractivity contribution < 1.29 is 14.3 Å². The van der Waals surface area contributed by atoms with E-state index in [9.17, 15) is 9.59 Å². The number of amides is 1. The zero-order chi connectivity index (χ0) is 18.4. The van der Waals surface area contributed by atoms with Crippen molar-refractivity contribution in [3.8, 4) is 5.75 Å². The maximum absolute atomic E-state index is 12.7. The fourth-order valence-electron chi connectivity index (χ4n) is 3.34. The van der Waals surface area contributed by atoms with Crippen molar-refractivity contribution in [2.45, 2.75) is 32.2 Å². The van der Waals surface area contributed by atoms with Crippen LogP contribution in [0.3, 0.4) is 0 Å². The van der Waals surface area contributed by atoms with Crippen LogP contribution in [-0.4, -0.2) is 36.4 Å². The number of esters is 1. The Labute approximate surface area is 158 Å². The van der Waals surface area contributed by atoms with Gasteiger partial charge in [0.25, 0.3) is 5.91 Å². The number of hydrogen-bond donors (Lipinski definition) is 1. The topological polar surface area (TPSA) is 58.6 Å². The quantitative estimate of drug-likeness (QED) is 0.621. The van der Waals surface area contributed by atoms with Gasteiger partial charge in [-0.05, 0) is 60.5 Å². The van der Waals surface area contributed by atoms with E-state index in [-0.39, 0.29) is 11.9 Å². The molecule has 0 saturated carbocycles. The minimum Gasteiger partial charge on any atom is -0.426 e. The Morgan fingerprint density at radius 1 is 1.19 bits per heavy atom. The lowest BCUT2D eigenvalue weighted by Crippen LogP contribution is -2.40. The highest BCUT2D eigenvalue weighted by Crippen LogP contribution is 2.26. The Kier molecular flexibility index (Phi) is 6.41. The first-order chi connectivity index (χ1) is 12.6. The molecule has 1 atom stereocenters.